The molecule has 1 aromatic rings. The summed E-state index contributed by atoms with van der Waals surface area (Å²) in [5, 5.41) is 3.03. The Morgan fingerprint density at radius 1 is 1.11 bits per heavy atom. The third kappa shape index (κ3) is 5.09. The topological polar surface area (TPSA) is 82.2 Å². The maximum Gasteiger partial charge on any atom is 0.251 e. The van der Waals surface area contributed by atoms with Crippen LogP contribution in [0.2, 0.25) is 0 Å². The van der Waals surface area contributed by atoms with Crippen LogP contribution in [0.4, 0.5) is 5.69 Å². The fourth-order valence-electron chi connectivity index (χ4n) is 5.41. The smallest absolute Gasteiger partial charge is 0.251 e. The lowest BCUT2D eigenvalue weighted by Crippen LogP contribution is -2.57. The summed E-state index contributed by atoms with van der Waals surface area (Å²) < 4.78 is 5.74. The minimum atomic E-state index is -0.734. The molecule has 1 N–H and O–H groups in total. The van der Waals surface area contributed by atoms with E-state index in [4.69, 9.17) is 4.74 Å². The van der Waals surface area contributed by atoms with Crippen molar-refractivity contribution < 1.29 is 19.1 Å². The second-order valence-corrected chi connectivity index (χ2v) is 10.9. The van der Waals surface area contributed by atoms with Crippen molar-refractivity contribution in [3.8, 4) is 0 Å². The van der Waals surface area contributed by atoms with Gasteiger partial charge in [0.25, 0.3) is 5.91 Å². The molecule has 0 unspecified atom stereocenters. The van der Waals surface area contributed by atoms with Crippen LogP contribution in [0.3, 0.4) is 0 Å². The quantitative estimate of drug-likeness (QED) is 0.639. The zero-order valence-corrected chi connectivity index (χ0v) is 21.8. The van der Waals surface area contributed by atoms with Gasteiger partial charge in [-0.1, -0.05) is 27.7 Å². The van der Waals surface area contributed by atoms with Crippen LogP contribution in [-0.2, 0) is 14.3 Å². The largest absolute Gasteiger partial charge is 0.369 e. The molecule has 8 nitrogen and oxygen atoms in total. The molecule has 3 saturated heterocycles. The fraction of sp³-hybridized carbons (Fsp3) is 0.667. The second-order valence-electron chi connectivity index (χ2n) is 10.9. The molecular formula is C27H40N4O4. The summed E-state index contributed by atoms with van der Waals surface area (Å²) in [4.78, 5) is 46.0. The lowest BCUT2D eigenvalue weighted by atomic mass is 9.80. The number of benzene rings is 1. The predicted molar refractivity (Wildman–Crippen MR) is 136 cm³/mol. The highest BCUT2D eigenvalue weighted by Gasteiger charge is 2.53. The molecule has 4 rings (SSSR count). The molecule has 3 fully saturated rings. The number of carbonyl (C=O) groups excluding carboxylic acids is 3. The molecule has 3 aliphatic rings. The van der Waals surface area contributed by atoms with Gasteiger partial charge in [0.15, 0.2) is 5.78 Å². The predicted octanol–water partition coefficient (Wildman–Crippen LogP) is 2.18. The molecule has 1 aromatic carbocycles. The van der Waals surface area contributed by atoms with Gasteiger partial charge in [-0.25, -0.2) is 0 Å². The number of ether oxygens (including phenoxy) is 1. The number of likely N-dealkylation sites (N-methyl/N-ethyl adjacent to an activating group) is 1. The number of hydrogen-bond acceptors (Lipinski definition) is 6. The molecule has 0 spiro atoms. The number of piperazine rings is 1. The Hall–Kier alpha value is -2.45. The van der Waals surface area contributed by atoms with Gasteiger partial charge in [0.05, 0.1) is 6.10 Å². The minimum Gasteiger partial charge on any atom is -0.369 e. The molecule has 4 atom stereocenters. The van der Waals surface area contributed by atoms with E-state index >= 15 is 0 Å². The van der Waals surface area contributed by atoms with Crippen LogP contribution in [0.1, 0.15) is 50.9 Å². The summed E-state index contributed by atoms with van der Waals surface area (Å²) in [5.74, 6) is -0.368. The van der Waals surface area contributed by atoms with Crippen LogP contribution in [0, 0.1) is 11.3 Å². The molecule has 3 heterocycles. The second kappa shape index (κ2) is 10.3. The molecule has 0 radical (unpaired) electrons. The highest BCUT2D eigenvalue weighted by atomic mass is 16.5. The fourth-order valence-corrected chi connectivity index (χ4v) is 5.41. The first-order valence-electron chi connectivity index (χ1n) is 13.0. The van der Waals surface area contributed by atoms with E-state index in [0.29, 0.717) is 18.5 Å². The van der Waals surface area contributed by atoms with Crippen molar-refractivity contribution in [3.63, 3.8) is 0 Å². The van der Waals surface area contributed by atoms with Crippen LogP contribution >= 0.6 is 0 Å². The van der Waals surface area contributed by atoms with Crippen molar-refractivity contribution in [3.05, 3.63) is 29.8 Å². The van der Waals surface area contributed by atoms with Gasteiger partial charge in [0.1, 0.15) is 18.7 Å². The molecule has 8 heteroatoms. The van der Waals surface area contributed by atoms with Gasteiger partial charge in [-0.05, 0) is 49.6 Å². The number of amides is 2. The molecule has 0 saturated carbocycles. The van der Waals surface area contributed by atoms with E-state index in [1.54, 1.807) is 4.90 Å². The van der Waals surface area contributed by atoms with Crippen LogP contribution in [-0.4, -0.2) is 92.0 Å². The number of hydrogen-bond donors (Lipinski definition) is 1. The van der Waals surface area contributed by atoms with E-state index in [-0.39, 0.29) is 36.2 Å². The van der Waals surface area contributed by atoms with Gasteiger partial charge in [-0.15, -0.1) is 0 Å². The first-order valence-corrected chi connectivity index (χ1v) is 13.0. The maximum atomic E-state index is 13.8. The summed E-state index contributed by atoms with van der Waals surface area (Å²) in [5.41, 5.74) is 1.15. The standard InChI is InChI=1S/C27H40N4O4/c1-6-18-16-31(22-21(32)17-35-23(18)22)26(34)24(27(3,4)7-2)28-25(33)19-8-10-20(11-9-19)30-14-12-29(5)13-15-30/h8-11,18,22-24H,6-7,12-17H2,1-5H3,(H,28,33)/t18-,22+,23+,24+/m0/s1. The van der Waals surface area contributed by atoms with E-state index in [0.717, 1.165) is 38.3 Å². The Balaban J connectivity index is 1.50. The number of ketones is 1. The van der Waals surface area contributed by atoms with E-state index in [2.05, 4.69) is 29.1 Å². The summed E-state index contributed by atoms with van der Waals surface area (Å²) in [6.45, 7) is 12.6. The van der Waals surface area contributed by atoms with Crippen LogP contribution in [0.15, 0.2) is 24.3 Å². The summed E-state index contributed by atoms with van der Waals surface area (Å²) >= 11 is 0. The Kier molecular flexibility index (Phi) is 7.52. The monoisotopic (exact) mass is 484 g/mol. The van der Waals surface area contributed by atoms with Crippen molar-refractivity contribution in [2.45, 2.75) is 58.7 Å². The van der Waals surface area contributed by atoms with Gasteiger partial charge >= 0.3 is 0 Å². The number of fused-ring (bicyclic) bond motifs is 1. The maximum absolute atomic E-state index is 13.8. The SMILES string of the molecule is CC[C@H]1CN(C(=O)[C@@H](NC(=O)c2ccc(N3CCN(C)CC3)cc2)C(C)(C)CC)[C@@H]2C(=O)CO[C@H]12. The molecule has 35 heavy (non-hydrogen) atoms. The van der Waals surface area contributed by atoms with Crippen LogP contribution < -0.4 is 10.2 Å². The summed E-state index contributed by atoms with van der Waals surface area (Å²) in [6.07, 6.45) is 1.31. The molecule has 0 bridgehead atoms. The average molecular weight is 485 g/mol. The molecule has 2 amide bonds. The molecule has 3 aliphatic heterocycles. The number of nitrogens with zero attached hydrogens (tertiary/aromatic N) is 3. The number of rotatable bonds is 7. The number of anilines is 1. The van der Waals surface area contributed by atoms with Gasteiger partial charge in [-0.3, -0.25) is 14.4 Å². The first kappa shape index (κ1) is 25.6. The molecule has 0 aromatic heterocycles. The van der Waals surface area contributed by atoms with Gasteiger partial charge in [-0.2, -0.15) is 0 Å². The van der Waals surface area contributed by atoms with E-state index in [9.17, 15) is 14.4 Å². The summed E-state index contributed by atoms with van der Waals surface area (Å²) in [7, 11) is 2.13. The number of Topliss-reactive ketones (excluding diaryl/α,β-unsaturated/α-hetero) is 1. The Morgan fingerprint density at radius 3 is 2.37 bits per heavy atom. The van der Waals surface area contributed by atoms with Crippen molar-refractivity contribution in [1.29, 1.82) is 0 Å². The van der Waals surface area contributed by atoms with Crippen molar-refractivity contribution in [1.82, 2.24) is 15.1 Å². The summed E-state index contributed by atoms with van der Waals surface area (Å²) in [6, 6.07) is 6.35. The third-order valence-electron chi connectivity index (χ3n) is 8.31. The number of nitrogens with one attached hydrogen (secondary N) is 1. The Morgan fingerprint density at radius 2 is 1.77 bits per heavy atom. The van der Waals surface area contributed by atoms with E-state index in [1.165, 1.54) is 0 Å². The van der Waals surface area contributed by atoms with E-state index in [1.807, 2.05) is 45.0 Å². The molecule has 192 valence electrons. The number of carbonyl (C=O) groups is 3. The zero-order valence-electron chi connectivity index (χ0n) is 21.8. The lowest BCUT2D eigenvalue weighted by molar-refractivity contribution is -0.140. The van der Waals surface area contributed by atoms with Gasteiger partial charge in [0, 0.05) is 49.9 Å². The Labute approximate surface area is 209 Å². The average Bonchev–Trinajstić information content (AvgIpc) is 3.43. The lowest BCUT2D eigenvalue weighted by Gasteiger charge is -2.37. The van der Waals surface area contributed by atoms with Crippen molar-refractivity contribution in [2.24, 2.45) is 11.3 Å². The number of likely N-dealkylation sites (tertiary alicyclic amines) is 1. The molecular weight excluding hydrogens is 444 g/mol. The van der Waals surface area contributed by atoms with Crippen LogP contribution in [0.5, 0.6) is 0 Å². The minimum absolute atomic E-state index is 0.0434. The van der Waals surface area contributed by atoms with Crippen molar-refractivity contribution >= 4 is 23.3 Å². The Bertz CT molecular complexity index is 939. The van der Waals surface area contributed by atoms with E-state index < -0.39 is 17.5 Å². The normalized spacial score (nSPS) is 26.1. The third-order valence-corrected chi connectivity index (χ3v) is 8.31. The van der Waals surface area contributed by atoms with Crippen molar-refractivity contribution in [2.75, 3.05) is 51.3 Å². The first-order chi connectivity index (χ1) is 16.7. The highest BCUT2D eigenvalue weighted by molar-refractivity contribution is 5.99. The van der Waals surface area contributed by atoms with Gasteiger partial charge < -0.3 is 24.8 Å². The molecule has 0 aliphatic carbocycles. The van der Waals surface area contributed by atoms with Gasteiger partial charge in [0.2, 0.25) is 5.91 Å². The zero-order chi connectivity index (χ0) is 25.3. The highest BCUT2D eigenvalue weighted by Crippen LogP contribution is 2.36. The van der Waals surface area contributed by atoms with Crippen LogP contribution in [0.25, 0.3) is 0 Å².